The third kappa shape index (κ3) is 1.09. The molecule has 10 heavy (non-hydrogen) atoms. The molecule has 58 valence electrons. The van der Waals surface area contributed by atoms with Gasteiger partial charge in [0.1, 0.15) is 0 Å². The van der Waals surface area contributed by atoms with Gasteiger partial charge >= 0.3 is 0 Å². The van der Waals surface area contributed by atoms with Crippen LogP contribution >= 0.6 is 0 Å². The molecule has 0 heteroatoms. The molecule has 2 aliphatic carbocycles. The average molecular weight is 138 g/mol. The lowest BCUT2D eigenvalue weighted by molar-refractivity contribution is 0.220. The van der Waals surface area contributed by atoms with Gasteiger partial charge in [-0.15, -0.1) is 0 Å². The Kier molecular flexibility index (Phi) is 1.71. The molecule has 0 aliphatic heterocycles. The van der Waals surface area contributed by atoms with Gasteiger partial charge in [0.15, 0.2) is 0 Å². The third-order valence-electron chi connectivity index (χ3n) is 3.55. The first-order valence-electron chi connectivity index (χ1n) is 4.86. The summed E-state index contributed by atoms with van der Waals surface area (Å²) in [5, 5.41) is 0. The second-order valence-electron chi connectivity index (χ2n) is 4.37. The molecular formula is C10H18. The predicted octanol–water partition coefficient (Wildman–Crippen LogP) is 3.22. The van der Waals surface area contributed by atoms with E-state index in [2.05, 4.69) is 6.92 Å². The summed E-state index contributed by atoms with van der Waals surface area (Å²) in [6.07, 6.45) is 9.24. The van der Waals surface area contributed by atoms with Crippen molar-refractivity contribution < 1.29 is 0 Å². The Labute approximate surface area is 64.0 Å². The molecule has 0 nitrogen and oxygen atoms in total. The average Bonchev–Trinajstić information content (AvgIpc) is 2.33. The second kappa shape index (κ2) is 2.56. The van der Waals surface area contributed by atoms with E-state index in [4.69, 9.17) is 0 Å². The van der Waals surface area contributed by atoms with Crippen LogP contribution in [0.1, 0.15) is 45.4 Å². The molecule has 2 fully saturated rings. The van der Waals surface area contributed by atoms with E-state index in [1.54, 1.807) is 25.7 Å². The van der Waals surface area contributed by atoms with Crippen LogP contribution in [0.25, 0.3) is 0 Å². The molecule has 0 saturated heterocycles. The minimum absolute atomic E-state index is 1.04. The van der Waals surface area contributed by atoms with Gasteiger partial charge in [-0.25, -0.2) is 0 Å². The maximum absolute atomic E-state index is 2.43. The van der Waals surface area contributed by atoms with Crippen molar-refractivity contribution in [3.8, 4) is 0 Å². The summed E-state index contributed by atoms with van der Waals surface area (Å²) in [6.45, 7) is 2.43. The first kappa shape index (κ1) is 6.69. The monoisotopic (exact) mass is 138 g/mol. The minimum Gasteiger partial charge on any atom is -0.0625 e. The maximum atomic E-state index is 2.43. The Morgan fingerprint density at radius 3 is 2.60 bits per heavy atom. The van der Waals surface area contributed by atoms with Gasteiger partial charge in [-0.2, -0.15) is 0 Å². The molecule has 0 N–H and O–H groups in total. The molecule has 0 bridgehead atoms. The van der Waals surface area contributed by atoms with Crippen molar-refractivity contribution in [3.05, 3.63) is 0 Å². The fourth-order valence-electron chi connectivity index (χ4n) is 2.94. The summed E-state index contributed by atoms with van der Waals surface area (Å²) in [5.74, 6) is 3.33. The van der Waals surface area contributed by atoms with Gasteiger partial charge < -0.3 is 0 Å². The Hall–Kier alpha value is 0. The van der Waals surface area contributed by atoms with E-state index in [0.29, 0.717) is 0 Å². The summed E-state index contributed by atoms with van der Waals surface area (Å²) in [4.78, 5) is 0. The standard InChI is InChI=1S/C10H18/c1-8-5-6-9-3-2-4-10(9)7-8/h8-10H,2-7H2,1H3/t8-,9+,10+/m1/s1. The van der Waals surface area contributed by atoms with Crippen molar-refractivity contribution >= 4 is 0 Å². The van der Waals surface area contributed by atoms with Crippen LogP contribution in [0.3, 0.4) is 0 Å². The van der Waals surface area contributed by atoms with Gasteiger partial charge in [0.2, 0.25) is 0 Å². The van der Waals surface area contributed by atoms with Gasteiger partial charge in [-0.05, 0) is 30.6 Å². The lowest BCUT2D eigenvalue weighted by Crippen LogP contribution is -2.18. The Bertz CT molecular complexity index is 117. The van der Waals surface area contributed by atoms with Crippen molar-refractivity contribution in [1.82, 2.24) is 0 Å². The van der Waals surface area contributed by atoms with Crippen LogP contribution in [0, 0.1) is 17.8 Å². The highest BCUT2D eigenvalue weighted by molar-refractivity contribution is 4.83. The van der Waals surface area contributed by atoms with Crippen LogP contribution in [0.5, 0.6) is 0 Å². The van der Waals surface area contributed by atoms with Crippen molar-refractivity contribution in [2.24, 2.45) is 17.8 Å². The number of fused-ring (bicyclic) bond motifs is 1. The zero-order valence-electron chi connectivity index (χ0n) is 6.97. The highest BCUT2D eigenvalue weighted by Crippen LogP contribution is 2.43. The molecule has 2 saturated carbocycles. The quantitative estimate of drug-likeness (QED) is 0.482. The topological polar surface area (TPSA) is 0 Å². The van der Waals surface area contributed by atoms with E-state index in [9.17, 15) is 0 Å². The molecule has 0 unspecified atom stereocenters. The summed E-state index contributed by atoms with van der Waals surface area (Å²) < 4.78 is 0. The van der Waals surface area contributed by atoms with Crippen LogP contribution in [-0.2, 0) is 0 Å². The maximum Gasteiger partial charge on any atom is -0.0383 e. The molecule has 0 amide bonds. The fourth-order valence-corrected chi connectivity index (χ4v) is 2.94. The minimum atomic E-state index is 1.04. The Morgan fingerprint density at radius 2 is 1.70 bits per heavy atom. The van der Waals surface area contributed by atoms with E-state index in [1.165, 1.54) is 12.8 Å². The van der Waals surface area contributed by atoms with Crippen LogP contribution in [0.15, 0.2) is 0 Å². The largest absolute Gasteiger partial charge is 0.0625 e. The smallest absolute Gasteiger partial charge is 0.0383 e. The molecule has 0 heterocycles. The van der Waals surface area contributed by atoms with E-state index in [-0.39, 0.29) is 0 Å². The summed E-state index contributed by atoms with van der Waals surface area (Å²) >= 11 is 0. The van der Waals surface area contributed by atoms with Crippen LogP contribution in [0.2, 0.25) is 0 Å². The van der Waals surface area contributed by atoms with E-state index < -0.39 is 0 Å². The van der Waals surface area contributed by atoms with E-state index in [1.807, 2.05) is 0 Å². The number of hydrogen-bond acceptors (Lipinski definition) is 0. The van der Waals surface area contributed by atoms with Gasteiger partial charge in [0, 0.05) is 0 Å². The van der Waals surface area contributed by atoms with Crippen LogP contribution in [-0.4, -0.2) is 0 Å². The molecule has 3 atom stereocenters. The normalized spacial score (nSPS) is 47.1. The van der Waals surface area contributed by atoms with Crippen molar-refractivity contribution in [3.63, 3.8) is 0 Å². The van der Waals surface area contributed by atoms with E-state index >= 15 is 0 Å². The van der Waals surface area contributed by atoms with Crippen molar-refractivity contribution in [2.45, 2.75) is 45.4 Å². The first-order valence-corrected chi connectivity index (χ1v) is 4.86. The van der Waals surface area contributed by atoms with E-state index in [0.717, 1.165) is 17.8 Å². The van der Waals surface area contributed by atoms with Gasteiger partial charge in [-0.3, -0.25) is 0 Å². The highest BCUT2D eigenvalue weighted by Gasteiger charge is 2.31. The zero-order chi connectivity index (χ0) is 6.97. The lowest BCUT2D eigenvalue weighted by atomic mass is 9.77. The third-order valence-corrected chi connectivity index (χ3v) is 3.55. The van der Waals surface area contributed by atoms with Gasteiger partial charge in [-0.1, -0.05) is 32.6 Å². The first-order chi connectivity index (χ1) is 4.86. The molecule has 2 aliphatic rings. The summed E-state index contributed by atoms with van der Waals surface area (Å²) in [5.41, 5.74) is 0. The van der Waals surface area contributed by atoms with Crippen LogP contribution in [0.4, 0.5) is 0 Å². The van der Waals surface area contributed by atoms with Crippen LogP contribution < -0.4 is 0 Å². The zero-order valence-corrected chi connectivity index (χ0v) is 6.97. The fraction of sp³-hybridized carbons (Fsp3) is 1.00. The Balaban J connectivity index is 1.96. The van der Waals surface area contributed by atoms with Crippen molar-refractivity contribution in [1.29, 1.82) is 0 Å². The molecule has 0 aromatic carbocycles. The predicted molar refractivity (Wildman–Crippen MR) is 43.8 cm³/mol. The number of hydrogen-bond donors (Lipinski definition) is 0. The molecule has 0 aromatic rings. The van der Waals surface area contributed by atoms with Crippen molar-refractivity contribution in [2.75, 3.05) is 0 Å². The summed E-state index contributed by atoms with van der Waals surface area (Å²) in [6, 6.07) is 0. The number of rotatable bonds is 0. The molecule has 0 radical (unpaired) electrons. The summed E-state index contributed by atoms with van der Waals surface area (Å²) in [7, 11) is 0. The Morgan fingerprint density at radius 1 is 0.900 bits per heavy atom. The van der Waals surface area contributed by atoms with Gasteiger partial charge in [0.25, 0.3) is 0 Å². The lowest BCUT2D eigenvalue weighted by Gasteiger charge is -2.29. The van der Waals surface area contributed by atoms with Gasteiger partial charge in [0.05, 0.1) is 0 Å². The molecular weight excluding hydrogens is 120 g/mol. The highest BCUT2D eigenvalue weighted by atomic mass is 14.4. The molecule has 2 rings (SSSR count). The molecule has 0 aromatic heterocycles. The second-order valence-corrected chi connectivity index (χ2v) is 4.37. The SMILES string of the molecule is C[C@@H]1CC[C@@H]2CCC[C@H]2C1. The molecule has 0 spiro atoms.